The number of carbonyl (C=O) groups is 1. The molecule has 92 valence electrons. The molecule has 17 heavy (non-hydrogen) atoms. The molecule has 0 saturated heterocycles. The van der Waals surface area contributed by atoms with Crippen molar-refractivity contribution in [3.8, 4) is 0 Å². The SMILES string of the molecule is Cc1ccc(NC(=O)C2CCC(C)CC2)cc1. The lowest BCUT2D eigenvalue weighted by Gasteiger charge is -2.25. The van der Waals surface area contributed by atoms with E-state index in [-0.39, 0.29) is 11.8 Å². The molecule has 1 aromatic carbocycles. The molecule has 1 aromatic rings. The fourth-order valence-corrected chi connectivity index (χ4v) is 2.40. The number of nitrogens with one attached hydrogen (secondary N) is 1. The van der Waals surface area contributed by atoms with Crippen molar-refractivity contribution in [2.45, 2.75) is 39.5 Å². The number of aryl methyl sites for hydroxylation is 1. The van der Waals surface area contributed by atoms with E-state index < -0.39 is 0 Å². The van der Waals surface area contributed by atoms with Crippen molar-refractivity contribution in [3.05, 3.63) is 29.8 Å². The van der Waals surface area contributed by atoms with Crippen LogP contribution in [0.15, 0.2) is 24.3 Å². The van der Waals surface area contributed by atoms with Crippen molar-refractivity contribution in [3.63, 3.8) is 0 Å². The van der Waals surface area contributed by atoms with E-state index in [0.29, 0.717) is 0 Å². The first-order valence-corrected chi connectivity index (χ1v) is 6.52. The average molecular weight is 231 g/mol. The van der Waals surface area contributed by atoms with Crippen molar-refractivity contribution in [1.29, 1.82) is 0 Å². The molecule has 0 atom stereocenters. The Hall–Kier alpha value is -1.31. The molecule has 1 aliphatic rings. The number of rotatable bonds is 2. The third-order valence-electron chi connectivity index (χ3n) is 3.71. The molecule has 1 saturated carbocycles. The van der Waals surface area contributed by atoms with Gasteiger partial charge in [0.2, 0.25) is 5.91 Å². The molecular formula is C15H21NO. The highest BCUT2D eigenvalue weighted by molar-refractivity contribution is 5.92. The van der Waals surface area contributed by atoms with E-state index in [9.17, 15) is 4.79 Å². The van der Waals surface area contributed by atoms with E-state index in [2.05, 4.69) is 12.2 Å². The van der Waals surface area contributed by atoms with Crippen LogP contribution in [-0.4, -0.2) is 5.91 Å². The molecule has 0 aliphatic heterocycles. The fourth-order valence-electron chi connectivity index (χ4n) is 2.40. The second-order valence-corrected chi connectivity index (χ2v) is 5.31. The summed E-state index contributed by atoms with van der Waals surface area (Å²) in [5, 5.41) is 3.01. The third kappa shape index (κ3) is 3.32. The van der Waals surface area contributed by atoms with Crippen LogP contribution in [0.5, 0.6) is 0 Å². The summed E-state index contributed by atoms with van der Waals surface area (Å²) in [4.78, 5) is 12.0. The molecule has 0 spiro atoms. The molecule has 2 rings (SSSR count). The molecule has 0 radical (unpaired) electrons. The van der Waals surface area contributed by atoms with E-state index in [1.165, 1.54) is 18.4 Å². The maximum absolute atomic E-state index is 12.0. The normalized spacial score (nSPS) is 24.4. The van der Waals surface area contributed by atoms with Crippen LogP contribution in [0.1, 0.15) is 38.2 Å². The minimum atomic E-state index is 0.195. The van der Waals surface area contributed by atoms with Crippen molar-refractivity contribution in [1.82, 2.24) is 0 Å². The number of hydrogen-bond donors (Lipinski definition) is 1. The number of benzene rings is 1. The highest BCUT2D eigenvalue weighted by Crippen LogP contribution is 2.29. The molecular weight excluding hydrogens is 210 g/mol. The Morgan fingerprint density at radius 3 is 2.29 bits per heavy atom. The molecule has 1 N–H and O–H groups in total. The Morgan fingerprint density at radius 1 is 1.12 bits per heavy atom. The van der Waals surface area contributed by atoms with Crippen LogP contribution < -0.4 is 5.32 Å². The van der Waals surface area contributed by atoms with Crippen LogP contribution in [0.4, 0.5) is 5.69 Å². The van der Waals surface area contributed by atoms with Crippen LogP contribution in [0, 0.1) is 18.8 Å². The molecule has 1 aliphatic carbocycles. The van der Waals surface area contributed by atoms with E-state index in [1.54, 1.807) is 0 Å². The molecule has 2 nitrogen and oxygen atoms in total. The van der Waals surface area contributed by atoms with Gasteiger partial charge in [0, 0.05) is 11.6 Å². The van der Waals surface area contributed by atoms with Gasteiger partial charge in [0.15, 0.2) is 0 Å². The molecule has 0 bridgehead atoms. The largest absolute Gasteiger partial charge is 0.326 e. The van der Waals surface area contributed by atoms with Gasteiger partial charge in [0.1, 0.15) is 0 Å². The van der Waals surface area contributed by atoms with Crippen LogP contribution in [0.3, 0.4) is 0 Å². The first-order chi connectivity index (χ1) is 8.15. The lowest BCUT2D eigenvalue weighted by atomic mass is 9.82. The predicted octanol–water partition coefficient (Wildman–Crippen LogP) is 3.76. The monoisotopic (exact) mass is 231 g/mol. The van der Waals surface area contributed by atoms with Crippen LogP contribution in [0.25, 0.3) is 0 Å². The molecule has 0 heterocycles. The summed E-state index contributed by atoms with van der Waals surface area (Å²) in [5.74, 6) is 1.20. The van der Waals surface area contributed by atoms with Gasteiger partial charge in [-0.15, -0.1) is 0 Å². The van der Waals surface area contributed by atoms with Crippen molar-refractivity contribution in [2.24, 2.45) is 11.8 Å². The predicted molar refractivity (Wildman–Crippen MR) is 70.9 cm³/mol. The molecule has 0 unspecified atom stereocenters. The quantitative estimate of drug-likeness (QED) is 0.825. The lowest BCUT2D eigenvalue weighted by Crippen LogP contribution is -2.26. The van der Waals surface area contributed by atoms with Gasteiger partial charge >= 0.3 is 0 Å². The summed E-state index contributed by atoms with van der Waals surface area (Å²) >= 11 is 0. The molecule has 0 aromatic heterocycles. The average Bonchev–Trinajstić information content (AvgIpc) is 2.33. The van der Waals surface area contributed by atoms with E-state index in [0.717, 1.165) is 24.4 Å². The third-order valence-corrected chi connectivity index (χ3v) is 3.71. The van der Waals surface area contributed by atoms with Gasteiger partial charge in [0.05, 0.1) is 0 Å². The second kappa shape index (κ2) is 5.35. The fraction of sp³-hybridized carbons (Fsp3) is 0.533. The summed E-state index contributed by atoms with van der Waals surface area (Å²) < 4.78 is 0. The summed E-state index contributed by atoms with van der Waals surface area (Å²) in [6.45, 7) is 4.32. The maximum atomic E-state index is 12.0. The number of anilines is 1. The molecule has 2 heteroatoms. The summed E-state index contributed by atoms with van der Waals surface area (Å²) in [6.07, 6.45) is 4.45. The Kier molecular flexibility index (Phi) is 3.82. The van der Waals surface area contributed by atoms with Crippen molar-refractivity contribution < 1.29 is 4.79 Å². The van der Waals surface area contributed by atoms with E-state index in [1.807, 2.05) is 31.2 Å². The van der Waals surface area contributed by atoms with Gasteiger partial charge in [-0.1, -0.05) is 24.6 Å². The van der Waals surface area contributed by atoms with Crippen LogP contribution in [-0.2, 0) is 4.79 Å². The zero-order valence-electron chi connectivity index (χ0n) is 10.7. The van der Waals surface area contributed by atoms with E-state index in [4.69, 9.17) is 0 Å². The minimum Gasteiger partial charge on any atom is -0.326 e. The van der Waals surface area contributed by atoms with Gasteiger partial charge < -0.3 is 5.32 Å². The standard InChI is InChI=1S/C15H21NO/c1-11-3-7-13(8-4-11)15(17)16-14-9-5-12(2)6-10-14/h5-6,9-11,13H,3-4,7-8H2,1-2H3,(H,16,17). The van der Waals surface area contributed by atoms with Gasteiger partial charge in [-0.05, 0) is 50.7 Å². The topological polar surface area (TPSA) is 29.1 Å². The first kappa shape index (κ1) is 12.2. The number of hydrogen-bond acceptors (Lipinski definition) is 1. The smallest absolute Gasteiger partial charge is 0.227 e. The van der Waals surface area contributed by atoms with Crippen molar-refractivity contribution in [2.75, 3.05) is 5.32 Å². The Labute approximate surface area is 103 Å². The highest BCUT2D eigenvalue weighted by atomic mass is 16.1. The number of amides is 1. The molecule has 1 amide bonds. The maximum Gasteiger partial charge on any atom is 0.227 e. The summed E-state index contributed by atoms with van der Waals surface area (Å²) in [6, 6.07) is 7.99. The van der Waals surface area contributed by atoms with Crippen molar-refractivity contribution >= 4 is 11.6 Å². The second-order valence-electron chi connectivity index (χ2n) is 5.31. The lowest BCUT2D eigenvalue weighted by molar-refractivity contribution is -0.121. The summed E-state index contributed by atoms with van der Waals surface area (Å²) in [5.41, 5.74) is 2.13. The van der Waals surface area contributed by atoms with E-state index >= 15 is 0 Å². The Balaban J connectivity index is 1.90. The zero-order valence-corrected chi connectivity index (χ0v) is 10.7. The van der Waals surface area contributed by atoms with Crippen LogP contribution in [0.2, 0.25) is 0 Å². The Bertz CT molecular complexity index is 374. The summed E-state index contributed by atoms with van der Waals surface area (Å²) in [7, 11) is 0. The first-order valence-electron chi connectivity index (χ1n) is 6.52. The van der Waals surface area contributed by atoms with Gasteiger partial charge in [-0.2, -0.15) is 0 Å². The van der Waals surface area contributed by atoms with Gasteiger partial charge in [0.25, 0.3) is 0 Å². The number of carbonyl (C=O) groups excluding carboxylic acids is 1. The zero-order chi connectivity index (χ0) is 12.3. The van der Waals surface area contributed by atoms with Gasteiger partial charge in [-0.3, -0.25) is 4.79 Å². The minimum absolute atomic E-state index is 0.195. The van der Waals surface area contributed by atoms with Crippen LogP contribution >= 0.6 is 0 Å². The van der Waals surface area contributed by atoms with Gasteiger partial charge in [-0.25, -0.2) is 0 Å². The molecule has 1 fully saturated rings. The Morgan fingerprint density at radius 2 is 1.71 bits per heavy atom. The highest BCUT2D eigenvalue weighted by Gasteiger charge is 2.24.